The van der Waals surface area contributed by atoms with Gasteiger partial charge in [-0.15, -0.1) is 0 Å². The number of pyridine rings is 2. The van der Waals surface area contributed by atoms with E-state index in [1.54, 1.807) is 0 Å². The Morgan fingerprint density at radius 1 is 0.543 bits per heavy atom. The number of nitrogens with one attached hydrogen (secondary N) is 2. The maximum Gasteiger partial charge on any atom is 0.170 e. The number of rotatable bonds is 20. The molecule has 0 spiro atoms. The molecule has 0 aliphatic rings. The van der Waals surface area contributed by atoms with Crippen LogP contribution in [0.4, 0.5) is 34.1 Å². The summed E-state index contributed by atoms with van der Waals surface area (Å²) in [7, 11) is 7.98. The van der Waals surface area contributed by atoms with Gasteiger partial charge in [0.2, 0.25) is 0 Å². The van der Waals surface area contributed by atoms with E-state index in [1.807, 2.05) is 93.9 Å². The van der Waals surface area contributed by atoms with Crippen LogP contribution in [0, 0.1) is 0 Å². The first-order valence-electron chi connectivity index (χ1n) is 16.3. The highest BCUT2D eigenvalue weighted by atomic mass is 33.1. The maximum atomic E-state index is 4.42. The molecule has 46 heavy (non-hydrogen) atoms. The van der Waals surface area contributed by atoms with Gasteiger partial charge < -0.3 is 20.7 Å². The molecule has 10 heteroatoms. The first-order chi connectivity index (χ1) is 22.5. The van der Waals surface area contributed by atoms with Crippen molar-refractivity contribution in [1.82, 2.24) is 0 Å². The van der Waals surface area contributed by atoms with Gasteiger partial charge >= 0.3 is 0 Å². The molecule has 4 rings (SSSR count). The molecule has 244 valence electrons. The molecular weight excluding hydrogens is 609 g/mol. The van der Waals surface area contributed by atoms with Crippen LogP contribution in [0.3, 0.4) is 0 Å². The van der Waals surface area contributed by atoms with Gasteiger partial charge in [-0.25, -0.2) is 9.13 Å². The van der Waals surface area contributed by atoms with Crippen LogP contribution in [-0.4, -0.2) is 37.7 Å². The normalized spacial score (nSPS) is 11.1. The Labute approximate surface area is 283 Å². The van der Waals surface area contributed by atoms with Gasteiger partial charge in [0.25, 0.3) is 0 Å². The SMILES string of the molecule is CCCCN(CCSSCCN(CCCC)c1ccc(NNc2cc[n+](C)cc2)cc1)c1ccc(N=Nc2cc[n+](C)cc2)cc1. The monoisotopic (exact) mass is 658 g/mol. The van der Waals surface area contributed by atoms with Crippen molar-refractivity contribution in [2.75, 3.05) is 58.3 Å². The van der Waals surface area contributed by atoms with Crippen molar-refractivity contribution in [3.63, 3.8) is 0 Å². The van der Waals surface area contributed by atoms with Crippen LogP contribution in [-0.2, 0) is 14.1 Å². The predicted molar refractivity (Wildman–Crippen MR) is 199 cm³/mol. The van der Waals surface area contributed by atoms with Crippen LogP contribution in [0.2, 0.25) is 0 Å². The highest BCUT2D eigenvalue weighted by Crippen LogP contribution is 2.26. The van der Waals surface area contributed by atoms with Crippen molar-refractivity contribution in [2.24, 2.45) is 24.3 Å². The molecular formula is C36H50N8S2+2. The molecule has 0 amide bonds. The fraction of sp³-hybridized carbons (Fsp3) is 0.389. The molecule has 0 atom stereocenters. The number of hydrogen-bond donors (Lipinski definition) is 2. The van der Waals surface area contributed by atoms with E-state index in [1.165, 1.54) is 37.1 Å². The second-order valence-corrected chi connectivity index (χ2v) is 14.0. The van der Waals surface area contributed by atoms with Gasteiger partial charge in [0, 0.05) is 73.3 Å². The average Bonchev–Trinajstić information content (AvgIpc) is 3.09. The van der Waals surface area contributed by atoms with Crippen molar-refractivity contribution >= 4 is 55.7 Å². The van der Waals surface area contributed by atoms with Gasteiger partial charge in [-0.2, -0.15) is 10.2 Å². The minimum Gasteiger partial charge on any atom is -0.371 e. The van der Waals surface area contributed by atoms with Crippen molar-refractivity contribution in [1.29, 1.82) is 0 Å². The minimum atomic E-state index is 0.853. The zero-order valence-corrected chi connectivity index (χ0v) is 29.4. The van der Waals surface area contributed by atoms with Gasteiger partial charge in [-0.3, -0.25) is 0 Å². The number of anilines is 4. The number of aryl methyl sites for hydroxylation is 2. The first kappa shape index (κ1) is 35.1. The molecule has 0 aliphatic carbocycles. The fourth-order valence-corrected chi connectivity index (χ4v) is 6.72. The standard InChI is InChI=1S/C36H49N8S2/c1-5-7-21-43(35-13-9-31(10-14-35)37-39-33-17-23-41(3)24-18-33)27-29-45-46-30-28-44(22-8-6-2)36-15-11-32(12-16-36)38-40-34-19-25-42(4)26-20-34/h9-20,23-26,37H,5-8,21-22,27-30H2,1-4H3/q+1/p+1. The van der Waals surface area contributed by atoms with E-state index in [2.05, 4.69) is 93.3 Å². The molecule has 0 bridgehead atoms. The van der Waals surface area contributed by atoms with Crippen LogP contribution >= 0.6 is 21.6 Å². The number of benzene rings is 2. The summed E-state index contributed by atoms with van der Waals surface area (Å²) in [5.74, 6) is 2.18. The largest absolute Gasteiger partial charge is 0.371 e. The van der Waals surface area contributed by atoms with Crippen LogP contribution in [0.15, 0.2) is 108 Å². The first-order valence-corrected chi connectivity index (χ1v) is 18.8. The lowest BCUT2D eigenvalue weighted by Gasteiger charge is -2.26. The number of hydrazine groups is 1. The van der Waals surface area contributed by atoms with Crippen LogP contribution < -0.4 is 29.8 Å². The van der Waals surface area contributed by atoms with Crippen LogP contribution in [0.5, 0.6) is 0 Å². The predicted octanol–water partition coefficient (Wildman–Crippen LogP) is 8.48. The molecule has 2 aromatic heterocycles. The fourth-order valence-electron chi connectivity index (χ4n) is 4.74. The van der Waals surface area contributed by atoms with Gasteiger partial charge in [0.05, 0.1) is 22.7 Å². The Hall–Kier alpha value is -3.76. The molecule has 2 heterocycles. The second-order valence-electron chi connectivity index (χ2n) is 11.3. The molecule has 8 nitrogen and oxygen atoms in total. The lowest BCUT2D eigenvalue weighted by atomic mass is 10.2. The Balaban J connectivity index is 1.22. The molecule has 4 aromatic rings. The van der Waals surface area contributed by atoms with E-state index in [0.29, 0.717) is 0 Å². The number of unbranched alkanes of at least 4 members (excludes halogenated alkanes) is 2. The zero-order chi connectivity index (χ0) is 32.4. The molecule has 0 fully saturated rings. The highest BCUT2D eigenvalue weighted by molar-refractivity contribution is 8.76. The van der Waals surface area contributed by atoms with Gasteiger partial charge in [-0.1, -0.05) is 48.3 Å². The summed E-state index contributed by atoms with van der Waals surface area (Å²) in [4.78, 5) is 5.03. The summed E-state index contributed by atoms with van der Waals surface area (Å²) in [6.45, 7) is 8.74. The maximum absolute atomic E-state index is 4.42. The van der Waals surface area contributed by atoms with E-state index in [4.69, 9.17) is 0 Å². The minimum absolute atomic E-state index is 0.853. The number of aromatic nitrogens is 2. The number of azo groups is 1. The zero-order valence-electron chi connectivity index (χ0n) is 27.8. The summed E-state index contributed by atoms with van der Waals surface area (Å²) in [5.41, 5.74) is 12.9. The molecule has 0 radical (unpaired) electrons. The van der Waals surface area contributed by atoms with E-state index in [0.717, 1.165) is 60.4 Å². The van der Waals surface area contributed by atoms with Crippen molar-refractivity contribution in [2.45, 2.75) is 39.5 Å². The quantitative estimate of drug-likeness (QED) is 0.0327. The second kappa shape index (κ2) is 19.7. The van der Waals surface area contributed by atoms with Gasteiger partial charge in [0.1, 0.15) is 14.1 Å². The molecule has 2 aromatic carbocycles. The lowest BCUT2D eigenvalue weighted by Crippen LogP contribution is -2.27. The Morgan fingerprint density at radius 3 is 1.43 bits per heavy atom. The topological polar surface area (TPSA) is 63.0 Å². The number of nitrogens with zero attached hydrogens (tertiary/aromatic N) is 6. The lowest BCUT2D eigenvalue weighted by molar-refractivity contribution is -0.671. The van der Waals surface area contributed by atoms with Crippen molar-refractivity contribution in [3.05, 3.63) is 97.6 Å². The van der Waals surface area contributed by atoms with E-state index < -0.39 is 0 Å². The highest BCUT2D eigenvalue weighted by Gasteiger charge is 2.09. The van der Waals surface area contributed by atoms with E-state index in [-0.39, 0.29) is 0 Å². The molecule has 0 aliphatic heterocycles. The summed E-state index contributed by atoms with van der Waals surface area (Å²) in [6.07, 6.45) is 12.8. The van der Waals surface area contributed by atoms with E-state index >= 15 is 0 Å². The molecule has 0 unspecified atom stereocenters. The van der Waals surface area contributed by atoms with Crippen LogP contribution in [0.1, 0.15) is 39.5 Å². The van der Waals surface area contributed by atoms with Gasteiger partial charge in [0.15, 0.2) is 24.8 Å². The summed E-state index contributed by atoms with van der Waals surface area (Å²) in [6, 6.07) is 25.2. The third-order valence-electron chi connectivity index (χ3n) is 7.55. The smallest absolute Gasteiger partial charge is 0.170 e. The summed E-state index contributed by atoms with van der Waals surface area (Å²) < 4.78 is 4.01. The average molecular weight is 659 g/mol. The summed E-state index contributed by atoms with van der Waals surface area (Å²) >= 11 is 0. The Morgan fingerprint density at radius 2 is 0.957 bits per heavy atom. The van der Waals surface area contributed by atoms with Crippen LogP contribution in [0.25, 0.3) is 0 Å². The summed E-state index contributed by atoms with van der Waals surface area (Å²) in [5, 5.41) is 8.80. The Bertz CT molecular complexity index is 1430. The van der Waals surface area contributed by atoms with E-state index in [9.17, 15) is 0 Å². The van der Waals surface area contributed by atoms with Gasteiger partial charge in [-0.05, 0) is 61.4 Å². The third-order valence-corrected chi connectivity index (χ3v) is 9.92. The molecule has 2 N–H and O–H groups in total. The van der Waals surface area contributed by atoms with Crippen molar-refractivity contribution < 1.29 is 9.13 Å². The molecule has 0 saturated carbocycles. The van der Waals surface area contributed by atoms with Crippen molar-refractivity contribution in [3.8, 4) is 0 Å². The Kier molecular flexibility index (Phi) is 15.0. The molecule has 0 saturated heterocycles. The third kappa shape index (κ3) is 12.2. The number of hydrogen-bond acceptors (Lipinski definition) is 8.